The molecule has 0 spiro atoms. The average Bonchev–Trinajstić information content (AvgIpc) is 2.86. The van der Waals surface area contributed by atoms with Crippen molar-refractivity contribution in [3.8, 4) is 0 Å². The number of halogens is 1. The van der Waals surface area contributed by atoms with E-state index in [-0.39, 0.29) is 5.97 Å². The number of methoxy groups -OCH3 is 1. The lowest BCUT2D eigenvalue weighted by Crippen LogP contribution is -2.28. The average molecular weight is 355 g/mol. The highest BCUT2D eigenvalue weighted by Crippen LogP contribution is 2.28. The highest BCUT2D eigenvalue weighted by molar-refractivity contribution is 7.80. The third kappa shape index (κ3) is 4.43. The van der Waals surface area contributed by atoms with Crippen molar-refractivity contribution in [3.05, 3.63) is 51.4 Å². The monoisotopic (exact) mass is 354 g/mol. The number of carbonyl (C=O) groups excluding carboxylic acids is 1. The van der Waals surface area contributed by atoms with Gasteiger partial charge in [-0.2, -0.15) is 0 Å². The van der Waals surface area contributed by atoms with Crippen LogP contribution in [0.2, 0.25) is 5.02 Å². The molecule has 0 aliphatic carbocycles. The summed E-state index contributed by atoms with van der Waals surface area (Å²) in [6.07, 6.45) is 0. The Morgan fingerprint density at radius 3 is 2.68 bits per heavy atom. The van der Waals surface area contributed by atoms with Crippen LogP contribution in [0.1, 0.15) is 20.8 Å². The van der Waals surface area contributed by atoms with Crippen molar-refractivity contribution in [3.63, 3.8) is 0 Å². The fourth-order valence-corrected chi connectivity index (χ4v) is 3.07. The van der Waals surface area contributed by atoms with Gasteiger partial charge in [0, 0.05) is 16.4 Å². The van der Waals surface area contributed by atoms with E-state index in [1.807, 2.05) is 31.2 Å². The van der Waals surface area contributed by atoms with Gasteiger partial charge in [-0.3, -0.25) is 0 Å². The second kappa shape index (κ2) is 7.58. The van der Waals surface area contributed by atoms with Gasteiger partial charge in [0.2, 0.25) is 0 Å². The van der Waals surface area contributed by atoms with Gasteiger partial charge >= 0.3 is 5.97 Å². The van der Waals surface area contributed by atoms with Crippen LogP contribution < -0.4 is 10.6 Å². The smallest absolute Gasteiger partial charge is 0.340 e. The molecule has 1 aromatic heterocycles. The molecule has 1 heterocycles. The van der Waals surface area contributed by atoms with Crippen molar-refractivity contribution in [1.29, 1.82) is 0 Å². The zero-order chi connectivity index (χ0) is 16.1. The largest absolute Gasteiger partial charge is 0.465 e. The van der Waals surface area contributed by atoms with Gasteiger partial charge in [0.25, 0.3) is 0 Å². The maximum absolute atomic E-state index is 11.7. The molecule has 1 aromatic carbocycles. The lowest BCUT2D eigenvalue weighted by Gasteiger charge is -2.10. The van der Waals surface area contributed by atoms with E-state index >= 15 is 0 Å². The normalized spacial score (nSPS) is 10.1. The van der Waals surface area contributed by atoms with Crippen LogP contribution in [-0.2, 0) is 11.3 Å². The van der Waals surface area contributed by atoms with Gasteiger partial charge in [0.05, 0.1) is 12.7 Å². The SMILES string of the molecule is COC(=O)c1cc(C)sc1NC(=S)NCc1ccc(Cl)cc1. The number of thiophene rings is 1. The summed E-state index contributed by atoms with van der Waals surface area (Å²) in [6.45, 7) is 2.49. The Labute approximate surface area is 143 Å². The maximum atomic E-state index is 11.7. The number of rotatable bonds is 4. The molecular weight excluding hydrogens is 340 g/mol. The molecular formula is C15H15ClN2O2S2. The third-order valence-electron chi connectivity index (χ3n) is 2.85. The zero-order valence-electron chi connectivity index (χ0n) is 12.1. The molecule has 2 rings (SSSR count). The summed E-state index contributed by atoms with van der Waals surface area (Å²) in [6, 6.07) is 9.28. The topological polar surface area (TPSA) is 50.4 Å². The first kappa shape index (κ1) is 16.7. The third-order valence-corrected chi connectivity index (χ3v) is 4.32. The van der Waals surface area contributed by atoms with E-state index in [4.69, 9.17) is 28.6 Å². The van der Waals surface area contributed by atoms with Crippen molar-refractivity contribution in [2.45, 2.75) is 13.5 Å². The van der Waals surface area contributed by atoms with Gasteiger partial charge in [0.15, 0.2) is 5.11 Å². The van der Waals surface area contributed by atoms with E-state index in [9.17, 15) is 4.79 Å². The van der Waals surface area contributed by atoms with Crippen LogP contribution in [0.5, 0.6) is 0 Å². The lowest BCUT2D eigenvalue weighted by atomic mass is 10.2. The van der Waals surface area contributed by atoms with Crippen LogP contribution in [-0.4, -0.2) is 18.2 Å². The number of esters is 1. The van der Waals surface area contributed by atoms with Crippen molar-refractivity contribution in [1.82, 2.24) is 5.32 Å². The molecule has 0 saturated heterocycles. The molecule has 0 atom stereocenters. The van der Waals surface area contributed by atoms with Crippen molar-refractivity contribution >= 4 is 51.2 Å². The molecule has 0 amide bonds. The number of benzene rings is 1. The minimum Gasteiger partial charge on any atom is -0.465 e. The molecule has 2 aromatic rings. The number of nitrogens with one attached hydrogen (secondary N) is 2. The predicted molar refractivity (Wildman–Crippen MR) is 94.9 cm³/mol. The Hall–Kier alpha value is -1.63. The Kier molecular flexibility index (Phi) is 5.76. The van der Waals surface area contributed by atoms with Gasteiger partial charge in [-0.15, -0.1) is 11.3 Å². The Morgan fingerprint density at radius 2 is 2.05 bits per heavy atom. The molecule has 7 heteroatoms. The van der Waals surface area contributed by atoms with E-state index in [1.165, 1.54) is 18.4 Å². The highest BCUT2D eigenvalue weighted by atomic mass is 35.5. The van der Waals surface area contributed by atoms with E-state index < -0.39 is 0 Å². The second-order valence-electron chi connectivity index (χ2n) is 4.53. The van der Waals surface area contributed by atoms with E-state index in [0.29, 0.717) is 27.2 Å². The molecule has 0 saturated carbocycles. The number of thiocarbonyl (C=S) groups is 1. The van der Waals surface area contributed by atoms with Crippen LogP contribution >= 0.6 is 35.2 Å². The maximum Gasteiger partial charge on any atom is 0.340 e. The Morgan fingerprint density at radius 1 is 1.36 bits per heavy atom. The van der Waals surface area contributed by atoms with E-state index in [2.05, 4.69) is 10.6 Å². The van der Waals surface area contributed by atoms with Gasteiger partial charge < -0.3 is 15.4 Å². The molecule has 0 aliphatic heterocycles. The summed E-state index contributed by atoms with van der Waals surface area (Å²) in [5.41, 5.74) is 1.55. The molecule has 22 heavy (non-hydrogen) atoms. The second-order valence-corrected chi connectivity index (χ2v) is 6.63. The standard InChI is InChI=1S/C15H15ClN2O2S2/c1-9-7-12(14(19)20-2)13(22-9)18-15(21)17-8-10-3-5-11(16)6-4-10/h3-7H,8H2,1-2H3,(H2,17,18,21). The molecule has 0 aliphatic rings. The first-order chi connectivity index (χ1) is 10.5. The summed E-state index contributed by atoms with van der Waals surface area (Å²) >= 11 is 12.6. The fourth-order valence-electron chi connectivity index (χ4n) is 1.80. The number of ether oxygens (including phenoxy) is 1. The predicted octanol–water partition coefficient (Wildman–Crippen LogP) is 3.98. The van der Waals surface area contributed by atoms with E-state index in [0.717, 1.165) is 10.4 Å². The lowest BCUT2D eigenvalue weighted by molar-refractivity contribution is 0.0602. The number of hydrogen-bond acceptors (Lipinski definition) is 4. The molecule has 0 fully saturated rings. The molecule has 0 bridgehead atoms. The molecule has 0 radical (unpaired) electrons. The molecule has 2 N–H and O–H groups in total. The van der Waals surface area contributed by atoms with Crippen molar-refractivity contribution in [2.24, 2.45) is 0 Å². The van der Waals surface area contributed by atoms with Crippen LogP contribution in [0.3, 0.4) is 0 Å². The minimum absolute atomic E-state index is 0.382. The number of hydrogen-bond donors (Lipinski definition) is 2. The summed E-state index contributed by atoms with van der Waals surface area (Å²) in [5, 5.41) is 7.95. The fraction of sp³-hybridized carbons (Fsp3) is 0.200. The minimum atomic E-state index is -0.382. The molecule has 116 valence electrons. The molecule has 0 unspecified atom stereocenters. The van der Waals surface area contributed by atoms with Crippen molar-refractivity contribution in [2.75, 3.05) is 12.4 Å². The summed E-state index contributed by atoms with van der Waals surface area (Å²) in [5.74, 6) is -0.382. The van der Waals surface area contributed by atoms with Gasteiger partial charge in [-0.1, -0.05) is 23.7 Å². The van der Waals surface area contributed by atoms with Crippen LogP contribution in [0.25, 0.3) is 0 Å². The van der Waals surface area contributed by atoms with Crippen molar-refractivity contribution < 1.29 is 9.53 Å². The van der Waals surface area contributed by atoms with Gasteiger partial charge in [-0.25, -0.2) is 4.79 Å². The first-order valence-corrected chi connectivity index (χ1v) is 8.08. The molecule has 4 nitrogen and oxygen atoms in total. The number of aryl methyl sites for hydroxylation is 1. The van der Waals surface area contributed by atoms with Crippen LogP contribution in [0.15, 0.2) is 30.3 Å². The van der Waals surface area contributed by atoms with Gasteiger partial charge in [0.1, 0.15) is 5.00 Å². The van der Waals surface area contributed by atoms with E-state index in [1.54, 1.807) is 6.07 Å². The first-order valence-electron chi connectivity index (χ1n) is 6.47. The van der Waals surface area contributed by atoms with Crippen LogP contribution in [0, 0.1) is 6.92 Å². The Bertz CT molecular complexity index is 683. The van der Waals surface area contributed by atoms with Crippen LogP contribution in [0.4, 0.5) is 5.00 Å². The summed E-state index contributed by atoms with van der Waals surface area (Å²) in [4.78, 5) is 12.7. The van der Waals surface area contributed by atoms with Gasteiger partial charge in [-0.05, 0) is 42.9 Å². The number of carbonyl (C=O) groups is 1. The zero-order valence-corrected chi connectivity index (χ0v) is 14.5. The summed E-state index contributed by atoms with van der Waals surface area (Å²) < 4.78 is 4.76. The quantitative estimate of drug-likeness (QED) is 0.642. The summed E-state index contributed by atoms with van der Waals surface area (Å²) in [7, 11) is 1.36. The highest BCUT2D eigenvalue weighted by Gasteiger charge is 2.16. The Balaban J connectivity index is 1.97. The number of anilines is 1.